The summed E-state index contributed by atoms with van der Waals surface area (Å²) < 4.78 is 39.6. The van der Waals surface area contributed by atoms with E-state index in [1.54, 1.807) is 31.2 Å². The molecule has 30 heavy (non-hydrogen) atoms. The quantitative estimate of drug-likeness (QED) is 0.439. The first-order valence-electron chi connectivity index (χ1n) is 8.60. The van der Waals surface area contributed by atoms with E-state index in [2.05, 4.69) is 10.3 Å². The Morgan fingerprint density at radius 3 is 2.50 bits per heavy atom. The predicted molar refractivity (Wildman–Crippen MR) is 110 cm³/mol. The van der Waals surface area contributed by atoms with Crippen LogP contribution < -0.4 is 10.9 Å². The van der Waals surface area contributed by atoms with Crippen LogP contribution in [0.4, 0.5) is 18.9 Å². The maximum Gasteiger partial charge on any atom is 0.416 e. The third-order valence-electron chi connectivity index (χ3n) is 3.93. The van der Waals surface area contributed by atoms with Gasteiger partial charge in [-0.25, -0.2) is 4.98 Å². The Balaban J connectivity index is 1.77. The van der Waals surface area contributed by atoms with E-state index >= 15 is 0 Å². The lowest BCUT2D eigenvalue weighted by atomic mass is 10.2. The Kier molecular flexibility index (Phi) is 6.52. The van der Waals surface area contributed by atoms with Crippen molar-refractivity contribution < 1.29 is 18.0 Å². The van der Waals surface area contributed by atoms with Gasteiger partial charge < -0.3 is 5.32 Å². The summed E-state index contributed by atoms with van der Waals surface area (Å²) in [5, 5.41) is 2.57. The van der Waals surface area contributed by atoms with Crippen LogP contribution >= 0.6 is 23.4 Å². The number of thioether (sulfide) groups is 1. The van der Waals surface area contributed by atoms with Gasteiger partial charge in [0.05, 0.1) is 27.7 Å². The van der Waals surface area contributed by atoms with Crippen LogP contribution in [0.15, 0.2) is 64.5 Å². The minimum atomic E-state index is -4.53. The molecule has 156 valence electrons. The molecule has 2 aromatic carbocycles. The summed E-state index contributed by atoms with van der Waals surface area (Å²) in [4.78, 5) is 29.1. The highest BCUT2D eigenvalue weighted by molar-refractivity contribution is 7.99. The number of carbonyl (C=O) groups excluding carboxylic acids is 1. The molecule has 1 N–H and O–H groups in total. The molecular formula is C20H15ClF3N3O2S. The molecule has 5 nitrogen and oxygen atoms in total. The molecule has 0 saturated carbocycles. The Labute approximate surface area is 178 Å². The predicted octanol–water partition coefficient (Wildman–Crippen LogP) is 4.94. The van der Waals surface area contributed by atoms with Crippen LogP contribution in [0.3, 0.4) is 0 Å². The summed E-state index contributed by atoms with van der Waals surface area (Å²) in [6, 6.07) is 12.9. The zero-order valence-electron chi connectivity index (χ0n) is 15.5. The molecule has 0 saturated heterocycles. The molecule has 0 spiro atoms. The average molecular weight is 454 g/mol. The number of aromatic nitrogens is 2. The first-order chi connectivity index (χ1) is 14.1. The molecule has 0 aliphatic heterocycles. The van der Waals surface area contributed by atoms with Crippen LogP contribution in [-0.4, -0.2) is 21.2 Å². The number of rotatable bonds is 5. The van der Waals surface area contributed by atoms with E-state index < -0.39 is 17.6 Å². The lowest BCUT2D eigenvalue weighted by Crippen LogP contribution is -2.22. The smallest absolute Gasteiger partial charge is 0.324 e. The van der Waals surface area contributed by atoms with Crippen LogP contribution in [0.25, 0.3) is 5.69 Å². The van der Waals surface area contributed by atoms with Crippen molar-refractivity contribution in [1.29, 1.82) is 0 Å². The lowest BCUT2D eigenvalue weighted by molar-refractivity contribution is -0.137. The first-order valence-corrected chi connectivity index (χ1v) is 9.97. The number of hydrogen-bond acceptors (Lipinski definition) is 4. The standard InChI is InChI=1S/C20H15ClF3N3O2S/c1-12-9-18(29)27(14-5-3-2-4-6-14)19(25-12)30-11-17(28)26-16-8-7-13(10-15(16)21)20(22,23)24/h2-10H,11H2,1H3,(H,26,28). The van der Waals surface area contributed by atoms with E-state index in [1.807, 2.05) is 6.07 Å². The van der Waals surface area contributed by atoms with Crippen LogP contribution in [0, 0.1) is 6.92 Å². The number of alkyl halides is 3. The van der Waals surface area contributed by atoms with Crippen LogP contribution in [0.1, 0.15) is 11.3 Å². The van der Waals surface area contributed by atoms with Gasteiger partial charge in [-0.05, 0) is 37.3 Å². The fourth-order valence-electron chi connectivity index (χ4n) is 2.59. The van der Waals surface area contributed by atoms with E-state index in [4.69, 9.17) is 11.6 Å². The number of anilines is 1. The summed E-state index contributed by atoms with van der Waals surface area (Å²) in [5.41, 5.74) is -0.0319. The normalized spacial score (nSPS) is 11.4. The van der Waals surface area contributed by atoms with Gasteiger partial charge in [-0.1, -0.05) is 41.6 Å². The van der Waals surface area contributed by atoms with Crippen LogP contribution in [-0.2, 0) is 11.0 Å². The zero-order valence-corrected chi connectivity index (χ0v) is 17.1. The summed E-state index contributed by atoms with van der Waals surface area (Å²) in [6.45, 7) is 1.67. The third kappa shape index (κ3) is 5.22. The number of hydrogen-bond donors (Lipinski definition) is 1. The van der Waals surface area contributed by atoms with Gasteiger partial charge in [-0.3, -0.25) is 14.2 Å². The second-order valence-electron chi connectivity index (χ2n) is 6.22. The maximum atomic E-state index is 12.7. The third-order valence-corrected chi connectivity index (χ3v) is 5.18. The number of carbonyl (C=O) groups is 1. The van der Waals surface area contributed by atoms with Crippen molar-refractivity contribution in [2.75, 3.05) is 11.1 Å². The Bertz CT molecular complexity index is 1130. The first kappa shape index (κ1) is 21.9. The highest BCUT2D eigenvalue weighted by Gasteiger charge is 2.31. The number of amides is 1. The summed E-state index contributed by atoms with van der Waals surface area (Å²) in [5.74, 6) is -0.628. The SMILES string of the molecule is Cc1cc(=O)n(-c2ccccc2)c(SCC(=O)Nc2ccc(C(F)(F)F)cc2Cl)n1. The molecule has 0 aliphatic rings. The molecule has 1 amide bonds. The second kappa shape index (κ2) is 8.93. The van der Waals surface area contributed by atoms with Gasteiger partial charge in [0, 0.05) is 11.8 Å². The van der Waals surface area contributed by atoms with Gasteiger partial charge in [-0.15, -0.1) is 0 Å². The Morgan fingerprint density at radius 2 is 1.87 bits per heavy atom. The topological polar surface area (TPSA) is 64.0 Å². The van der Waals surface area contributed by atoms with E-state index in [1.165, 1.54) is 10.6 Å². The van der Waals surface area contributed by atoms with Crippen molar-refractivity contribution in [3.05, 3.63) is 81.2 Å². The van der Waals surface area contributed by atoms with Gasteiger partial charge in [0.1, 0.15) is 0 Å². The van der Waals surface area contributed by atoms with Crippen molar-refractivity contribution in [3.63, 3.8) is 0 Å². The Morgan fingerprint density at radius 1 is 1.17 bits per heavy atom. The zero-order chi connectivity index (χ0) is 21.9. The Hall–Kier alpha value is -2.78. The minimum Gasteiger partial charge on any atom is -0.324 e. The molecule has 10 heteroatoms. The van der Waals surface area contributed by atoms with Crippen LogP contribution in [0.2, 0.25) is 5.02 Å². The minimum absolute atomic E-state index is 0.0629. The van der Waals surface area contributed by atoms with Crippen LogP contribution in [0.5, 0.6) is 0 Å². The molecular weight excluding hydrogens is 439 g/mol. The summed E-state index contributed by atoms with van der Waals surface area (Å²) in [7, 11) is 0. The molecule has 0 fully saturated rings. The number of nitrogens with zero attached hydrogens (tertiary/aromatic N) is 2. The largest absolute Gasteiger partial charge is 0.416 e. The molecule has 0 aliphatic carbocycles. The lowest BCUT2D eigenvalue weighted by Gasteiger charge is -2.13. The van der Waals surface area contributed by atoms with Gasteiger partial charge in [-0.2, -0.15) is 13.2 Å². The van der Waals surface area contributed by atoms with Crippen molar-refractivity contribution in [1.82, 2.24) is 9.55 Å². The van der Waals surface area contributed by atoms with E-state index in [9.17, 15) is 22.8 Å². The second-order valence-corrected chi connectivity index (χ2v) is 7.57. The van der Waals surface area contributed by atoms with Gasteiger partial charge in [0.25, 0.3) is 5.56 Å². The average Bonchev–Trinajstić information content (AvgIpc) is 2.67. The highest BCUT2D eigenvalue weighted by atomic mass is 35.5. The fourth-order valence-corrected chi connectivity index (χ4v) is 3.68. The van der Waals surface area contributed by atoms with E-state index in [-0.39, 0.29) is 22.0 Å². The molecule has 3 rings (SSSR count). The summed E-state index contributed by atoms with van der Waals surface area (Å²) in [6.07, 6.45) is -4.53. The van der Waals surface area contributed by atoms with Crippen molar-refractivity contribution in [3.8, 4) is 5.69 Å². The molecule has 0 radical (unpaired) electrons. The van der Waals surface area contributed by atoms with Crippen molar-refractivity contribution in [2.45, 2.75) is 18.3 Å². The van der Waals surface area contributed by atoms with Crippen molar-refractivity contribution >= 4 is 35.0 Å². The number of aryl methyl sites for hydroxylation is 1. The van der Waals surface area contributed by atoms with Gasteiger partial charge in [0.15, 0.2) is 5.16 Å². The van der Waals surface area contributed by atoms with Gasteiger partial charge in [0.2, 0.25) is 5.91 Å². The van der Waals surface area contributed by atoms with E-state index in [0.29, 0.717) is 16.5 Å². The monoisotopic (exact) mass is 453 g/mol. The number of benzene rings is 2. The fraction of sp³-hybridized carbons (Fsp3) is 0.150. The molecule has 0 atom stereocenters. The number of para-hydroxylation sites is 1. The molecule has 3 aromatic rings. The molecule has 0 bridgehead atoms. The number of nitrogens with one attached hydrogen (secondary N) is 1. The number of halogens is 4. The molecule has 1 aromatic heterocycles. The van der Waals surface area contributed by atoms with E-state index in [0.717, 1.165) is 30.0 Å². The van der Waals surface area contributed by atoms with Gasteiger partial charge >= 0.3 is 6.18 Å². The summed E-state index contributed by atoms with van der Waals surface area (Å²) >= 11 is 6.89. The maximum absolute atomic E-state index is 12.7. The molecule has 0 unspecified atom stereocenters. The van der Waals surface area contributed by atoms with Crippen molar-refractivity contribution in [2.24, 2.45) is 0 Å². The molecule has 1 heterocycles. The highest BCUT2D eigenvalue weighted by Crippen LogP contribution is 2.33.